The van der Waals surface area contributed by atoms with E-state index in [-0.39, 0.29) is 6.61 Å². The van der Waals surface area contributed by atoms with E-state index in [4.69, 9.17) is 5.11 Å². The zero-order valence-corrected chi connectivity index (χ0v) is 5.09. The fraction of sp³-hybridized carbons (Fsp3) is 1.00. The highest BCUT2D eigenvalue weighted by molar-refractivity contribution is 7.75. The van der Waals surface area contributed by atoms with Gasteiger partial charge >= 0.3 is 11.4 Å². The topological polar surface area (TPSA) is 68.3 Å². The SMILES string of the molecule is O=S1OC2O[C@@]2(CO)O1. The maximum atomic E-state index is 10.3. The van der Waals surface area contributed by atoms with E-state index >= 15 is 0 Å². The minimum absolute atomic E-state index is 0.316. The van der Waals surface area contributed by atoms with Crippen molar-refractivity contribution in [2.45, 2.75) is 12.1 Å². The molecule has 0 aromatic rings. The van der Waals surface area contributed by atoms with Crippen LogP contribution in [-0.4, -0.2) is 28.0 Å². The van der Waals surface area contributed by atoms with Crippen LogP contribution in [0.5, 0.6) is 0 Å². The third-order valence-corrected chi connectivity index (χ3v) is 1.95. The maximum absolute atomic E-state index is 10.3. The highest BCUT2D eigenvalue weighted by Gasteiger charge is 2.67. The lowest BCUT2D eigenvalue weighted by Gasteiger charge is -1.97. The average Bonchev–Trinajstić information content (AvgIpc) is 2.38. The first-order valence-corrected chi connectivity index (χ1v) is 3.34. The first kappa shape index (κ1) is 5.75. The molecule has 1 N–H and O–H groups in total. The third-order valence-electron chi connectivity index (χ3n) is 1.20. The molecule has 2 rings (SSSR count). The number of hydrogen-bond acceptors (Lipinski definition) is 5. The minimum atomic E-state index is -1.73. The highest BCUT2D eigenvalue weighted by Crippen LogP contribution is 2.45. The molecule has 2 unspecified atom stereocenters. The van der Waals surface area contributed by atoms with Crippen molar-refractivity contribution in [1.82, 2.24) is 0 Å². The van der Waals surface area contributed by atoms with Gasteiger partial charge in [-0.1, -0.05) is 0 Å². The second-order valence-corrected chi connectivity index (χ2v) is 2.57. The summed E-state index contributed by atoms with van der Waals surface area (Å²) in [6.45, 7) is -0.316. The molecule has 2 aliphatic rings. The number of fused-ring (bicyclic) bond motifs is 1. The summed E-state index contributed by atoms with van der Waals surface area (Å²) in [7, 11) is 0. The number of epoxide rings is 1. The van der Waals surface area contributed by atoms with Gasteiger partial charge in [0.25, 0.3) is 5.79 Å². The summed E-state index contributed by atoms with van der Waals surface area (Å²) in [5.41, 5.74) is 0. The van der Waals surface area contributed by atoms with Crippen LogP contribution in [-0.2, 0) is 24.5 Å². The summed E-state index contributed by atoms with van der Waals surface area (Å²) < 4.78 is 24.0. The van der Waals surface area contributed by atoms with Gasteiger partial charge in [0.15, 0.2) is 0 Å². The monoisotopic (exact) mass is 152 g/mol. The lowest BCUT2D eigenvalue weighted by molar-refractivity contribution is 0.0118. The predicted octanol–water partition coefficient (Wildman–Crippen LogP) is -1.34. The Kier molecular flexibility index (Phi) is 0.976. The van der Waals surface area contributed by atoms with Gasteiger partial charge in [-0.3, -0.25) is 0 Å². The molecular formula is C3H4O5S. The molecule has 2 saturated heterocycles. The maximum Gasteiger partial charge on any atom is 0.310 e. The first-order chi connectivity index (χ1) is 4.27. The van der Waals surface area contributed by atoms with Crippen molar-refractivity contribution in [3.63, 3.8) is 0 Å². The first-order valence-electron chi connectivity index (χ1n) is 2.34. The van der Waals surface area contributed by atoms with Gasteiger partial charge in [-0.05, 0) is 0 Å². The summed E-state index contributed by atoms with van der Waals surface area (Å²) in [5.74, 6) is -1.09. The van der Waals surface area contributed by atoms with Crippen LogP contribution in [0.2, 0.25) is 0 Å². The summed E-state index contributed by atoms with van der Waals surface area (Å²) in [6, 6.07) is 0. The molecule has 2 heterocycles. The number of rotatable bonds is 1. The molecule has 5 nitrogen and oxygen atoms in total. The van der Waals surface area contributed by atoms with Crippen LogP contribution in [0.4, 0.5) is 0 Å². The van der Waals surface area contributed by atoms with E-state index in [1.54, 1.807) is 0 Å². The van der Waals surface area contributed by atoms with Gasteiger partial charge < -0.3 is 9.84 Å². The molecular weight excluding hydrogens is 148 g/mol. The second-order valence-electron chi connectivity index (χ2n) is 1.80. The Bertz CT molecular complexity index is 166. The number of hydrogen-bond donors (Lipinski definition) is 1. The Morgan fingerprint density at radius 2 is 2.56 bits per heavy atom. The van der Waals surface area contributed by atoms with Crippen LogP contribution in [0.1, 0.15) is 0 Å². The second kappa shape index (κ2) is 1.53. The largest absolute Gasteiger partial charge is 0.390 e. The molecule has 0 bridgehead atoms. The van der Waals surface area contributed by atoms with Crippen LogP contribution in [0.3, 0.4) is 0 Å². The molecule has 0 saturated carbocycles. The van der Waals surface area contributed by atoms with Gasteiger partial charge in [-0.2, -0.15) is 4.21 Å². The lowest BCUT2D eigenvalue weighted by Crippen LogP contribution is -2.18. The van der Waals surface area contributed by atoms with Crippen molar-refractivity contribution in [3.8, 4) is 0 Å². The van der Waals surface area contributed by atoms with E-state index < -0.39 is 23.4 Å². The van der Waals surface area contributed by atoms with Crippen molar-refractivity contribution < 1.29 is 22.4 Å². The van der Waals surface area contributed by atoms with Gasteiger partial charge in [-0.25, -0.2) is 8.37 Å². The van der Waals surface area contributed by atoms with Crippen molar-refractivity contribution in [1.29, 1.82) is 0 Å². The van der Waals surface area contributed by atoms with E-state index in [0.29, 0.717) is 0 Å². The zero-order valence-electron chi connectivity index (χ0n) is 4.27. The Balaban J connectivity index is 2.13. The van der Waals surface area contributed by atoms with E-state index in [2.05, 4.69) is 13.1 Å². The molecule has 0 aromatic heterocycles. The number of aliphatic hydroxyl groups excluding tert-OH is 1. The molecule has 0 radical (unpaired) electrons. The molecule has 0 aliphatic carbocycles. The zero-order chi connectivity index (χ0) is 6.48. The highest BCUT2D eigenvalue weighted by atomic mass is 32.2. The summed E-state index contributed by atoms with van der Waals surface area (Å²) in [5, 5.41) is 8.52. The van der Waals surface area contributed by atoms with Crippen LogP contribution in [0.25, 0.3) is 0 Å². The normalized spacial score (nSPS) is 55.2. The van der Waals surface area contributed by atoms with Crippen molar-refractivity contribution in [2.24, 2.45) is 0 Å². The van der Waals surface area contributed by atoms with E-state index in [1.807, 2.05) is 0 Å². The molecule has 0 aromatic carbocycles. The molecule has 0 amide bonds. The molecule has 3 atom stereocenters. The van der Waals surface area contributed by atoms with Gasteiger partial charge in [0.1, 0.15) is 6.61 Å². The molecule has 9 heavy (non-hydrogen) atoms. The Morgan fingerprint density at radius 3 is 2.89 bits per heavy atom. The Morgan fingerprint density at radius 1 is 1.78 bits per heavy atom. The predicted molar refractivity (Wildman–Crippen MR) is 25.0 cm³/mol. The lowest BCUT2D eigenvalue weighted by atomic mass is 10.4. The average molecular weight is 152 g/mol. The molecule has 0 spiro atoms. The number of ether oxygens (including phenoxy) is 1. The fourth-order valence-corrected chi connectivity index (χ4v) is 1.41. The van der Waals surface area contributed by atoms with E-state index in [0.717, 1.165) is 0 Å². The Labute approximate surface area is 53.4 Å². The van der Waals surface area contributed by atoms with Gasteiger partial charge in [-0.15, -0.1) is 0 Å². The quantitative estimate of drug-likeness (QED) is 0.471. The van der Waals surface area contributed by atoms with Crippen LogP contribution < -0.4 is 0 Å². The summed E-state index contributed by atoms with van der Waals surface area (Å²) >= 11 is -1.73. The minimum Gasteiger partial charge on any atom is -0.390 e. The fourth-order valence-electron chi connectivity index (χ4n) is 0.643. The van der Waals surface area contributed by atoms with Crippen molar-refractivity contribution in [3.05, 3.63) is 0 Å². The van der Waals surface area contributed by atoms with Gasteiger partial charge in [0, 0.05) is 0 Å². The molecule has 6 heteroatoms. The molecule has 2 fully saturated rings. The van der Waals surface area contributed by atoms with E-state index in [9.17, 15) is 4.21 Å². The van der Waals surface area contributed by atoms with Crippen LogP contribution >= 0.6 is 0 Å². The summed E-state index contributed by atoms with van der Waals surface area (Å²) in [4.78, 5) is 0. The van der Waals surface area contributed by atoms with Gasteiger partial charge in [0.2, 0.25) is 6.29 Å². The number of aliphatic hydroxyl groups is 1. The van der Waals surface area contributed by atoms with Crippen molar-refractivity contribution >= 4 is 11.4 Å². The summed E-state index contributed by atoms with van der Waals surface area (Å²) in [6.07, 6.45) is -0.622. The third kappa shape index (κ3) is 0.651. The van der Waals surface area contributed by atoms with Gasteiger partial charge in [0.05, 0.1) is 0 Å². The van der Waals surface area contributed by atoms with Crippen LogP contribution in [0, 0.1) is 0 Å². The van der Waals surface area contributed by atoms with Crippen LogP contribution in [0.15, 0.2) is 0 Å². The molecule has 2 aliphatic heterocycles. The van der Waals surface area contributed by atoms with E-state index in [1.165, 1.54) is 0 Å². The smallest absolute Gasteiger partial charge is 0.310 e. The Hall–Kier alpha value is -0.0100. The van der Waals surface area contributed by atoms with Crippen molar-refractivity contribution in [2.75, 3.05) is 6.61 Å². The standard InChI is InChI=1S/C3H4O5S/c4-1-3-2(6-3)7-9(5)8-3/h2,4H,1H2/t2?,3-,9?/m0/s1. The molecule has 52 valence electrons.